The lowest BCUT2D eigenvalue weighted by Gasteiger charge is -2.41. The summed E-state index contributed by atoms with van der Waals surface area (Å²) in [6.07, 6.45) is -0.455. The molecule has 3 aliphatic rings. The molecule has 0 saturated carbocycles. The van der Waals surface area contributed by atoms with Crippen LogP contribution in [0.4, 0.5) is 5.69 Å². The van der Waals surface area contributed by atoms with Crippen molar-refractivity contribution in [2.75, 3.05) is 58.9 Å². The molecule has 0 N–H and O–H groups in total. The number of para-hydroxylation sites is 1. The highest BCUT2D eigenvalue weighted by molar-refractivity contribution is 6.18. The molecule has 3 heterocycles. The van der Waals surface area contributed by atoms with Crippen molar-refractivity contribution < 1.29 is 23.9 Å². The Hall–Kier alpha value is -3.59. The summed E-state index contributed by atoms with van der Waals surface area (Å²) in [5, 5.41) is 0. The van der Waals surface area contributed by atoms with Crippen LogP contribution in [0.3, 0.4) is 0 Å². The topological polar surface area (TPSA) is 82.6 Å². The van der Waals surface area contributed by atoms with Gasteiger partial charge in [-0.2, -0.15) is 0 Å². The van der Waals surface area contributed by atoms with Crippen LogP contribution >= 0.6 is 0 Å². The van der Waals surface area contributed by atoms with Crippen LogP contribution in [-0.4, -0.2) is 86.4 Å². The van der Waals surface area contributed by atoms with Gasteiger partial charge in [0.25, 0.3) is 11.8 Å². The minimum absolute atomic E-state index is 0.0168. The normalized spacial score (nSPS) is 19.6. The molecule has 9 nitrogen and oxygen atoms in total. The van der Waals surface area contributed by atoms with E-state index in [9.17, 15) is 14.4 Å². The molecular formula is C25H28N4O5. The van der Waals surface area contributed by atoms with Crippen molar-refractivity contribution in [3.63, 3.8) is 0 Å². The zero-order valence-electron chi connectivity index (χ0n) is 19.6. The van der Waals surface area contributed by atoms with Gasteiger partial charge in [0.15, 0.2) is 11.5 Å². The third kappa shape index (κ3) is 3.38. The van der Waals surface area contributed by atoms with Crippen molar-refractivity contribution in [2.45, 2.75) is 12.6 Å². The van der Waals surface area contributed by atoms with Gasteiger partial charge in [0.1, 0.15) is 6.17 Å². The number of rotatable bonds is 5. The maximum absolute atomic E-state index is 13.7. The number of hydrogen-bond donors (Lipinski definition) is 0. The fraction of sp³-hybridized carbons (Fsp3) is 0.400. The first-order valence-corrected chi connectivity index (χ1v) is 11.4. The number of nitrogens with zero attached hydrogens (tertiary/aromatic N) is 4. The van der Waals surface area contributed by atoms with Crippen molar-refractivity contribution >= 4 is 23.4 Å². The van der Waals surface area contributed by atoms with Crippen molar-refractivity contribution in [3.05, 3.63) is 53.1 Å². The van der Waals surface area contributed by atoms with E-state index in [1.54, 1.807) is 40.1 Å². The lowest BCUT2D eigenvalue weighted by atomic mass is 10.0. The van der Waals surface area contributed by atoms with Gasteiger partial charge < -0.3 is 24.2 Å². The molecule has 0 unspecified atom stereocenters. The van der Waals surface area contributed by atoms with Crippen molar-refractivity contribution in [1.82, 2.24) is 14.7 Å². The molecule has 0 aromatic heterocycles. The van der Waals surface area contributed by atoms with Crippen LogP contribution in [0.5, 0.6) is 11.5 Å². The molecule has 1 atom stereocenters. The number of carbonyl (C=O) groups is 3. The van der Waals surface area contributed by atoms with Gasteiger partial charge >= 0.3 is 0 Å². The molecule has 3 aliphatic heterocycles. The number of fused-ring (bicyclic) bond motifs is 5. The number of carbonyl (C=O) groups excluding carboxylic acids is 3. The quantitative estimate of drug-likeness (QED) is 0.673. The first kappa shape index (κ1) is 22.2. The van der Waals surface area contributed by atoms with Gasteiger partial charge in [0.05, 0.1) is 31.0 Å². The summed E-state index contributed by atoms with van der Waals surface area (Å²) < 4.78 is 11.0. The molecule has 3 amide bonds. The van der Waals surface area contributed by atoms with Crippen LogP contribution in [0.15, 0.2) is 36.4 Å². The highest BCUT2D eigenvalue weighted by Gasteiger charge is 2.49. The average molecular weight is 465 g/mol. The fourth-order valence-corrected chi connectivity index (χ4v) is 5.08. The van der Waals surface area contributed by atoms with Crippen LogP contribution in [-0.2, 0) is 4.79 Å². The zero-order valence-corrected chi connectivity index (χ0v) is 19.6. The Balaban J connectivity index is 1.51. The Bertz CT molecular complexity index is 1160. The molecule has 34 heavy (non-hydrogen) atoms. The zero-order chi connectivity index (χ0) is 24.0. The third-order valence-electron chi connectivity index (χ3n) is 6.91. The maximum Gasteiger partial charge on any atom is 0.264 e. The third-order valence-corrected chi connectivity index (χ3v) is 6.91. The molecular weight excluding hydrogens is 436 g/mol. The summed E-state index contributed by atoms with van der Waals surface area (Å²) in [7, 11) is 5.05. The molecule has 0 aliphatic carbocycles. The lowest BCUT2D eigenvalue weighted by molar-refractivity contribution is -0.133. The van der Waals surface area contributed by atoms with Crippen LogP contribution in [0.2, 0.25) is 0 Å². The largest absolute Gasteiger partial charge is 0.493 e. The molecule has 1 saturated heterocycles. The SMILES string of the molecule is COc1ccc2c(c1OC)C(=O)N1c3ccccc3C(=O)N(CCC(=O)N3CCN(C)CC3)[C@H]21. The van der Waals surface area contributed by atoms with E-state index in [-0.39, 0.29) is 30.7 Å². The van der Waals surface area contributed by atoms with Gasteiger partial charge in [-0.15, -0.1) is 0 Å². The van der Waals surface area contributed by atoms with E-state index in [0.717, 1.165) is 13.1 Å². The Labute approximate surface area is 198 Å². The summed E-state index contributed by atoms with van der Waals surface area (Å²) in [4.78, 5) is 47.5. The van der Waals surface area contributed by atoms with Crippen LogP contribution in [0, 0.1) is 0 Å². The molecule has 178 valence electrons. The Morgan fingerprint density at radius 1 is 0.971 bits per heavy atom. The number of ether oxygens (including phenoxy) is 2. The van der Waals surface area contributed by atoms with Crippen LogP contribution in [0.1, 0.15) is 38.9 Å². The Morgan fingerprint density at radius 3 is 2.41 bits per heavy atom. The van der Waals surface area contributed by atoms with Crippen LogP contribution < -0.4 is 14.4 Å². The van der Waals surface area contributed by atoms with E-state index >= 15 is 0 Å². The van der Waals surface area contributed by atoms with Gasteiger partial charge in [0, 0.05) is 44.7 Å². The number of piperazine rings is 1. The number of anilines is 1. The second-order valence-corrected chi connectivity index (χ2v) is 8.76. The number of methoxy groups -OCH3 is 2. The molecule has 5 rings (SSSR count). The van der Waals surface area contributed by atoms with E-state index in [0.29, 0.717) is 47.0 Å². The maximum atomic E-state index is 13.7. The molecule has 0 radical (unpaired) electrons. The average Bonchev–Trinajstić information content (AvgIpc) is 3.16. The Kier molecular flexibility index (Phi) is 5.65. The van der Waals surface area contributed by atoms with Gasteiger partial charge in [-0.3, -0.25) is 19.3 Å². The standard InChI is InChI=1S/C25H28N4O5/c1-26-12-14-27(15-13-26)20(30)10-11-28-23-17-8-9-19(33-2)22(34-3)21(17)25(32)29(23)18-7-5-4-6-16(18)24(28)31/h4-9,23H,10-15H2,1-3H3/t23-/m0/s1. The Morgan fingerprint density at radius 2 is 1.71 bits per heavy atom. The minimum Gasteiger partial charge on any atom is -0.493 e. The summed E-state index contributed by atoms with van der Waals surface area (Å²) in [6, 6.07) is 10.6. The van der Waals surface area contributed by atoms with E-state index < -0.39 is 6.17 Å². The lowest BCUT2D eigenvalue weighted by Crippen LogP contribution is -2.50. The van der Waals surface area contributed by atoms with E-state index in [4.69, 9.17) is 9.47 Å². The molecule has 2 aromatic carbocycles. The number of amides is 3. The predicted octanol–water partition coefficient (Wildman–Crippen LogP) is 1.98. The highest BCUT2D eigenvalue weighted by atomic mass is 16.5. The summed E-state index contributed by atoms with van der Waals surface area (Å²) >= 11 is 0. The van der Waals surface area contributed by atoms with Crippen molar-refractivity contribution in [3.8, 4) is 11.5 Å². The first-order chi connectivity index (χ1) is 16.5. The molecule has 2 aromatic rings. The second kappa shape index (κ2) is 8.64. The van der Waals surface area contributed by atoms with E-state index in [1.807, 2.05) is 18.0 Å². The minimum atomic E-state index is -0.648. The van der Waals surface area contributed by atoms with Gasteiger partial charge in [-0.05, 0) is 25.2 Å². The van der Waals surface area contributed by atoms with Crippen LogP contribution in [0.25, 0.3) is 0 Å². The summed E-state index contributed by atoms with van der Waals surface area (Å²) in [5.74, 6) is 0.358. The van der Waals surface area contributed by atoms with Crippen molar-refractivity contribution in [2.24, 2.45) is 0 Å². The molecule has 0 bridgehead atoms. The molecule has 0 spiro atoms. The van der Waals surface area contributed by atoms with Gasteiger partial charge in [0.2, 0.25) is 5.91 Å². The highest BCUT2D eigenvalue weighted by Crippen LogP contribution is 2.49. The van der Waals surface area contributed by atoms with Gasteiger partial charge in [-0.1, -0.05) is 18.2 Å². The van der Waals surface area contributed by atoms with Gasteiger partial charge in [-0.25, -0.2) is 0 Å². The van der Waals surface area contributed by atoms with E-state index in [1.165, 1.54) is 14.2 Å². The molecule has 1 fully saturated rings. The summed E-state index contributed by atoms with van der Waals surface area (Å²) in [6.45, 7) is 3.24. The fourth-order valence-electron chi connectivity index (χ4n) is 5.08. The number of hydrogen-bond acceptors (Lipinski definition) is 6. The van der Waals surface area contributed by atoms with Crippen molar-refractivity contribution in [1.29, 1.82) is 0 Å². The number of likely N-dealkylation sites (N-methyl/N-ethyl adjacent to an activating group) is 1. The monoisotopic (exact) mass is 464 g/mol. The molecule has 9 heteroatoms. The van der Waals surface area contributed by atoms with E-state index in [2.05, 4.69) is 4.90 Å². The summed E-state index contributed by atoms with van der Waals surface area (Å²) in [5.41, 5.74) is 2.04. The predicted molar refractivity (Wildman–Crippen MR) is 125 cm³/mol. The smallest absolute Gasteiger partial charge is 0.264 e. The second-order valence-electron chi connectivity index (χ2n) is 8.76. The number of benzene rings is 2. The first-order valence-electron chi connectivity index (χ1n) is 11.4.